The molecule has 0 aliphatic heterocycles. The summed E-state index contributed by atoms with van der Waals surface area (Å²) in [5.74, 6) is 0.724. The fourth-order valence-electron chi connectivity index (χ4n) is 2.13. The molecule has 0 amide bonds. The molecule has 2 heterocycles. The van der Waals surface area contributed by atoms with E-state index in [1.165, 1.54) is 17.6 Å². The third kappa shape index (κ3) is 3.25. The first-order valence-electron chi connectivity index (χ1n) is 6.91. The number of nitrogens with one attached hydrogen (secondary N) is 2. The van der Waals surface area contributed by atoms with Gasteiger partial charge in [0.15, 0.2) is 5.69 Å². The van der Waals surface area contributed by atoms with Crippen LogP contribution in [0.15, 0.2) is 41.8 Å². The van der Waals surface area contributed by atoms with Crippen molar-refractivity contribution in [1.82, 2.24) is 9.97 Å². The summed E-state index contributed by atoms with van der Waals surface area (Å²) in [6.07, 6.45) is 1.30. The Kier molecular flexibility index (Phi) is 4.13. The van der Waals surface area contributed by atoms with Crippen molar-refractivity contribution in [3.8, 4) is 16.6 Å². The van der Waals surface area contributed by atoms with Crippen molar-refractivity contribution in [3.63, 3.8) is 0 Å². The second-order valence-corrected chi connectivity index (χ2v) is 5.74. The Hall–Kier alpha value is -3.04. The highest BCUT2D eigenvalue weighted by molar-refractivity contribution is 7.13. The predicted octanol–water partition coefficient (Wildman–Crippen LogP) is 4.13. The molecule has 2 N–H and O–H groups in total. The van der Waals surface area contributed by atoms with Gasteiger partial charge in [-0.1, -0.05) is 18.2 Å². The van der Waals surface area contributed by atoms with Gasteiger partial charge in [0.2, 0.25) is 0 Å². The number of pyridine rings is 1. The van der Waals surface area contributed by atoms with Crippen LogP contribution in [0.2, 0.25) is 0 Å². The quantitative estimate of drug-likeness (QED) is 0.708. The first-order chi connectivity index (χ1) is 11.2. The Morgan fingerprint density at radius 1 is 1.26 bits per heavy atom. The SMILES string of the molecule is Cc1cccc(Nc2cc(-c3nc(C#N)cs3)ccc2C=N)n1. The number of hydrogen-bond acceptors (Lipinski definition) is 6. The number of nitrogens with zero attached hydrogens (tertiary/aromatic N) is 3. The Labute approximate surface area is 137 Å². The summed E-state index contributed by atoms with van der Waals surface area (Å²) in [6.45, 7) is 1.93. The molecule has 6 heteroatoms. The van der Waals surface area contributed by atoms with Crippen LogP contribution in [0.4, 0.5) is 11.5 Å². The number of benzene rings is 1. The molecule has 3 rings (SSSR count). The molecule has 0 saturated heterocycles. The number of rotatable bonds is 4. The Morgan fingerprint density at radius 2 is 2.13 bits per heavy atom. The molecule has 1 aromatic carbocycles. The predicted molar refractivity (Wildman–Crippen MR) is 92.4 cm³/mol. The monoisotopic (exact) mass is 319 g/mol. The van der Waals surface area contributed by atoms with E-state index in [0.717, 1.165) is 33.3 Å². The van der Waals surface area contributed by atoms with Crippen LogP contribution in [-0.2, 0) is 0 Å². The highest BCUT2D eigenvalue weighted by Crippen LogP contribution is 2.29. The number of nitriles is 1. The van der Waals surface area contributed by atoms with Crippen molar-refractivity contribution >= 4 is 29.1 Å². The summed E-state index contributed by atoms with van der Waals surface area (Å²) in [6, 6.07) is 13.4. The first-order valence-corrected chi connectivity index (χ1v) is 7.79. The maximum Gasteiger partial charge on any atom is 0.152 e. The third-order valence-corrected chi connectivity index (χ3v) is 4.12. The minimum absolute atomic E-state index is 0.413. The van der Waals surface area contributed by atoms with Crippen LogP contribution < -0.4 is 5.32 Å². The Morgan fingerprint density at radius 3 is 2.83 bits per heavy atom. The van der Waals surface area contributed by atoms with E-state index in [9.17, 15) is 0 Å². The molecule has 0 aliphatic carbocycles. The summed E-state index contributed by atoms with van der Waals surface area (Å²) in [5.41, 5.74) is 3.77. The van der Waals surface area contributed by atoms with Gasteiger partial charge in [-0.15, -0.1) is 11.3 Å². The highest BCUT2D eigenvalue weighted by atomic mass is 32.1. The molecule has 2 aromatic heterocycles. The van der Waals surface area contributed by atoms with Gasteiger partial charge in [-0.05, 0) is 25.1 Å². The molecule has 112 valence electrons. The van der Waals surface area contributed by atoms with Gasteiger partial charge in [0.25, 0.3) is 0 Å². The van der Waals surface area contributed by atoms with Crippen LogP contribution >= 0.6 is 11.3 Å². The van der Waals surface area contributed by atoms with Crippen LogP contribution in [0.3, 0.4) is 0 Å². The summed E-state index contributed by atoms with van der Waals surface area (Å²) in [7, 11) is 0. The lowest BCUT2D eigenvalue weighted by atomic mass is 10.1. The number of hydrogen-bond donors (Lipinski definition) is 2. The lowest BCUT2D eigenvalue weighted by Gasteiger charge is -2.10. The van der Waals surface area contributed by atoms with Gasteiger partial charge in [-0.25, -0.2) is 9.97 Å². The summed E-state index contributed by atoms with van der Waals surface area (Å²) < 4.78 is 0. The van der Waals surface area contributed by atoms with Crippen molar-refractivity contribution in [2.75, 3.05) is 5.32 Å². The van der Waals surface area contributed by atoms with E-state index in [0.29, 0.717) is 5.69 Å². The maximum atomic E-state index is 8.90. The second kappa shape index (κ2) is 6.38. The molecule has 0 saturated carbocycles. The average Bonchev–Trinajstić information content (AvgIpc) is 3.04. The molecule has 0 radical (unpaired) electrons. The molecule has 3 aromatic rings. The van der Waals surface area contributed by atoms with E-state index >= 15 is 0 Å². The second-order valence-electron chi connectivity index (χ2n) is 4.89. The van der Waals surface area contributed by atoms with Crippen LogP contribution in [0.1, 0.15) is 17.0 Å². The van der Waals surface area contributed by atoms with E-state index in [-0.39, 0.29) is 0 Å². The number of aryl methyl sites for hydroxylation is 1. The topological polar surface area (TPSA) is 85.5 Å². The van der Waals surface area contributed by atoms with Gasteiger partial charge < -0.3 is 10.7 Å². The average molecular weight is 319 g/mol. The van der Waals surface area contributed by atoms with Crippen LogP contribution in [0, 0.1) is 23.7 Å². The van der Waals surface area contributed by atoms with Crippen molar-refractivity contribution in [1.29, 1.82) is 10.7 Å². The number of aromatic nitrogens is 2. The maximum absolute atomic E-state index is 8.90. The van der Waals surface area contributed by atoms with Gasteiger partial charge in [-0.3, -0.25) is 0 Å². The highest BCUT2D eigenvalue weighted by Gasteiger charge is 2.09. The number of anilines is 2. The molecular formula is C17H13N5S. The molecule has 5 nitrogen and oxygen atoms in total. The molecule has 0 fully saturated rings. The first kappa shape index (κ1) is 14.9. The van der Waals surface area contributed by atoms with Gasteiger partial charge >= 0.3 is 0 Å². The van der Waals surface area contributed by atoms with Gasteiger partial charge in [0, 0.05) is 34.1 Å². The summed E-state index contributed by atoms with van der Waals surface area (Å²) >= 11 is 1.42. The fraction of sp³-hybridized carbons (Fsp3) is 0.0588. The van der Waals surface area contributed by atoms with Crippen molar-refractivity contribution in [3.05, 3.63) is 58.7 Å². The molecule has 0 unspecified atom stereocenters. The molecule has 23 heavy (non-hydrogen) atoms. The fourth-order valence-corrected chi connectivity index (χ4v) is 2.87. The van der Waals surface area contributed by atoms with E-state index in [4.69, 9.17) is 10.7 Å². The standard InChI is InChI=1S/C17H13N5S/c1-11-3-2-4-16(20-11)22-15-7-12(5-6-13(15)8-18)17-21-14(9-19)10-23-17/h2-8,10,18H,1H3,(H,20,22). The van der Waals surface area contributed by atoms with Gasteiger partial charge in [-0.2, -0.15) is 5.26 Å². The Bertz CT molecular complexity index is 907. The minimum Gasteiger partial charge on any atom is -0.340 e. The van der Waals surface area contributed by atoms with E-state index in [1.807, 2.05) is 49.4 Å². The zero-order chi connectivity index (χ0) is 16.2. The van der Waals surface area contributed by atoms with Crippen LogP contribution in [0.5, 0.6) is 0 Å². The van der Waals surface area contributed by atoms with Crippen molar-refractivity contribution in [2.24, 2.45) is 0 Å². The smallest absolute Gasteiger partial charge is 0.152 e. The van der Waals surface area contributed by atoms with E-state index in [2.05, 4.69) is 15.3 Å². The van der Waals surface area contributed by atoms with Crippen LogP contribution in [0.25, 0.3) is 10.6 Å². The molecule has 0 bridgehead atoms. The zero-order valence-corrected chi connectivity index (χ0v) is 13.2. The minimum atomic E-state index is 0.413. The van der Waals surface area contributed by atoms with Crippen molar-refractivity contribution in [2.45, 2.75) is 6.92 Å². The summed E-state index contributed by atoms with van der Waals surface area (Å²) in [5, 5.41) is 22.2. The molecule has 0 atom stereocenters. The van der Waals surface area contributed by atoms with Crippen LogP contribution in [-0.4, -0.2) is 16.2 Å². The molecular weight excluding hydrogens is 306 g/mol. The third-order valence-electron chi connectivity index (χ3n) is 3.23. The van der Waals surface area contributed by atoms with Crippen molar-refractivity contribution < 1.29 is 0 Å². The number of thiazole rings is 1. The lowest BCUT2D eigenvalue weighted by molar-refractivity contribution is 1.20. The molecule has 0 aliphatic rings. The van der Waals surface area contributed by atoms with Gasteiger partial charge in [0.05, 0.1) is 0 Å². The Balaban J connectivity index is 1.99. The lowest BCUT2D eigenvalue weighted by Crippen LogP contribution is -1.98. The van der Waals surface area contributed by atoms with E-state index in [1.54, 1.807) is 5.38 Å². The van der Waals surface area contributed by atoms with Gasteiger partial charge in [0.1, 0.15) is 16.9 Å². The van der Waals surface area contributed by atoms with E-state index < -0.39 is 0 Å². The largest absolute Gasteiger partial charge is 0.340 e. The summed E-state index contributed by atoms with van der Waals surface area (Å²) in [4.78, 5) is 8.70. The normalized spacial score (nSPS) is 10.1. The molecule has 0 spiro atoms. The zero-order valence-electron chi connectivity index (χ0n) is 12.4.